The maximum atomic E-state index is 11.4. The van der Waals surface area contributed by atoms with Crippen molar-refractivity contribution in [2.75, 3.05) is 6.54 Å². The third kappa shape index (κ3) is 3.15. The van der Waals surface area contributed by atoms with Crippen LogP contribution >= 0.6 is 0 Å². The number of Topliss-reactive ketones (excluding diaryl/α,β-unsaturated/α-hetero) is 1. The molecule has 0 aliphatic heterocycles. The van der Waals surface area contributed by atoms with Crippen LogP contribution in [0.1, 0.15) is 23.2 Å². The number of carbonyl (C=O) groups is 1. The predicted octanol–water partition coefficient (Wildman–Crippen LogP) is 2.42. The van der Waals surface area contributed by atoms with E-state index in [-0.39, 0.29) is 12.3 Å². The fraction of sp³-hybridized carbons (Fsp3) is 0.300. The van der Waals surface area contributed by atoms with Crippen LogP contribution < -0.4 is 0 Å². The van der Waals surface area contributed by atoms with Crippen molar-refractivity contribution in [3.05, 3.63) is 40.8 Å². The van der Waals surface area contributed by atoms with Crippen molar-refractivity contribution in [1.29, 1.82) is 0 Å². The average molecular weight is 177 g/mol. The molecule has 0 fully saturated rings. The number of carbonyl (C=O) groups excluding carboxylic acids is 1. The maximum Gasteiger partial charge on any atom is 0.162 e. The minimum absolute atomic E-state index is 0.0734. The lowest BCUT2D eigenvalue weighted by Crippen LogP contribution is -1.98. The molecule has 0 unspecified atom stereocenters. The summed E-state index contributed by atoms with van der Waals surface area (Å²) in [6.07, 6.45) is 0.937. The Bertz CT molecular complexity index is 282. The molecule has 0 aliphatic carbocycles. The Labute approximate surface area is 76.7 Å². The van der Waals surface area contributed by atoms with E-state index in [1.807, 2.05) is 18.2 Å². The summed E-state index contributed by atoms with van der Waals surface area (Å²) in [7, 11) is 0. The highest BCUT2D eigenvalue weighted by Gasteiger charge is 2.03. The largest absolute Gasteiger partial charge is 0.294 e. The van der Waals surface area contributed by atoms with Crippen molar-refractivity contribution in [1.82, 2.24) is 0 Å². The Morgan fingerprint density at radius 1 is 1.23 bits per heavy atom. The van der Waals surface area contributed by atoms with Gasteiger partial charge in [-0.05, 0) is 6.42 Å². The summed E-state index contributed by atoms with van der Waals surface area (Å²) in [6.45, 7) is 0.221. The van der Waals surface area contributed by atoms with Gasteiger partial charge in [-0.2, -0.15) is 4.91 Å². The quantitative estimate of drug-likeness (QED) is 0.394. The molecule has 0 heterocycles. The Morgan fingerprint density at radius 3 is 2.54 bits per heavy atom. The maximum absolute atomic E-state index is 11.4. The molecule has 0 saturated heterocycles. The van der Waals surface area contributed by atoms with Gasteiger partial charge < -0.3 is 0 Å². The highest BCUT2D eigenvalue weighted by molar-refractivity contribution is 5.95. The molecule has 0 radical (unpaired) electrons. The fourth-order valence-corrected chi connectivity index (χ4v) is 1.07. The number of hydrogen-bond acceptors (Lipinski definition) is 3. The van der Waals surface area contributed by atoms with Gasteiger partial charge in [-0.25, -0.2) is 0 Å². The first kappa shape index (κ1) is 9.58. The average Bonchev–Trinajstić information content (AvgIpc) is 2.19. The fourth-order valence-electron chi connectivity index (χ4n) is 1.07. The lowest BCUT2D eigenvalue weighted by atomic mass is 10.1. The number of nitroso groups, excluding NO2 is 1. The third-order valence-electron chi connectivity index (χ3n) is 1.75. The number of hydrogen-bond donors (Lipinski definition) is 0. The summed E-state index contributed by atoms with van der Waals surface area (Å²) in [5.41, 5.74) is 0.702. The van der Waals surface area contributed by atoms with Crippen molar-refractivity contribution in [3.8, 4) is 0 Å². The Hall–Kier alpha value is -1.51. The summed E-state index contributed by atoms with van der Waals surface area (Å²) in [5.74, 6) is 0.0734. The zero-order valence-electron chi connectivity index (χ0n) is 7.27. The van der Waals surface area contributed by atoms with Crippen molar-refractivity contribution in [3.63, 3.8) is 0 Å². The van der Waals surface area contributed by atoms with Crippen LogP contribution in [0.15, 0.2) is 35.5 Å². The van der Waals surface area contributed by atoms with Crippen LogP contribution in [0.2, 0.25) is 0 Å². The van der Waals surface area contributed by atoms with Gasteiger partial charge in [0, 0.05) is 12.0 Å². The molecular formula is C10H11NO2. The van der Waals surface area contributed by atoms with Crippen LogP contribution in [0.5, 0.6) is 0 Å². The van der Waals surface area contributed by atoms with Crippen LogP contribution in [0, 0.1) is 4.91 Å². The molecule has 1 aromatic carbocycles. The molecule has 0 atom stereocenters. The zero-order valence-corrected chi connectivity index (χ0v) is 7.27. The monoisotopic (exact) mass is 177 g/mol. The van der Waals surface area contributed by atoms with Crippen LogP contribution in [0.4, 0.5) is 0 Å². The molecule has 1 rings (SSSR count). The molecular weight excluding hydrogens is 166 g/mol. The lowest BCUT2D eigenvalue weighted by Gasteiger charge is -1.97. The minimum Gasteiger partial charge on any atom is -0.294 e. The standard InChI is InChI=1S/C10H11NO2/c12-10(7-4-8-11-13)9-5-2-1-3-6-9/h1-3,5-6H,4,7-8H2. The van der Waals surface area contributed by atoms with E-state index in [4.69, 9.17) is 0 Å². The van der Waals surface area contributed by atoms with Crippen molar-refractivity contribution in [2.24, 2.45) is 5.18 Å². The van der Waals surface area contributed by atoms with Gasteiger partial charge in [-0.1, -0.05) is 35.5 Å². The van der Waals surface area contributed by atoms with Crippen molar-refractivity contribution < 1.29 is 4.79 Å². The second kappa shape index (κ2) is 5.19. The molecule has 68 valence electrons. The summed E-state index contributed by atoms with van der Waals surface area (Å²) < 4.78 is 0. The van der Waals surface area contributed by atoms with E-state index in [2.05, 4.69) is 5.18 Å². The van der Waals surface area contributed by atoms with Gasteiger partial charge in [0.05, 0.1) is 6.54 Å². The number of rotatable bonds is 5. The highest BCUT2D eigenvalue weighted by atomic mass is 16.3. The molecule has 0 amide bonds. The van der Waals surface area contributed by atoms with Crippen LogP contribution in [-0.2, 0) is 0 Å². The molecule has 0 N–H and O–H groups in total. The highest BCUT2D eigenvalue weighted by Crippen LogP contribution is 2.04. The second-order valence-corrected chi connectivity index (χ2v) is 2.75. The third-order valence-corrected chi connectivity index (χ3v) is 1.75. The molecule has 0 bridgehead atoms. The topological polar surface area (TPSA) is 46.5 Å². The van der Waals surface area contributed by atoms with Gasteiger partial charge in [-0.3, -0.25) is 4.79 Å². The minimum atomic E-state index is 0.0734. The van der Waals surface area contributed by atoms with E-state index in [0.717, 1.165) is 0 Å². The van der Waals surface area contributed by atoms with Crippen molar-refractivity contribution in [2.45, 2.75) is 12.8 Å². The van der Waals surface area contributed by atoms with Crippen LogP contribution in [0.25, 0.3) is 0 Å². The van der Waals surface area contributed by atoms with E-state index in [1.54, 1.807) is 12.1 Å². The SMILES string of the molecule is O=NCCCC(=O)c1ccccc1. The van der Waals surface area contributed by atoms with E-state index in [9.17, 15) is 9.70 Å². The summed E-state index contributed by atoms with van der Waals surface area (Å²) in [6, 6.07) is 9.06. The first-order chi connectivity index (χ1) is 6.34. The second-order valence-electron chi connectivity index (χ2n) is 2.75. The lowest BCUT2D eigenvalue weighted by molar-refractivity contribution is 0.0981. The van der Waals surface area contributed by atoms with Gasteiger partial charge in [0.1, 0.15) is 0 Å². The predicted molar refractivity (Wildman–Crippen MR) is 50.7 cm³/mol. The number of nitrogens with zero attached hydrogens (tertiary/aromatic N) is 1. The normalized spacial score (nSPS) is 9.54. The zero-order chi connectivity index (χ0) is 9.52. The summed E-state index contributed by atoms with van der Waals surface area (Å²) >= 11 is 0. The van der Waals surface area contributed by atoms with Crippen LogP contribution in [0.3, 0.4) is 0 Å². The van der Waals surface area contributed by atoms with E-state index in [1.165, 1.54) is 0 Å². The Balaban J connectivity index is 2.45. The summed E-state index contributed by atoms with van der Waals surface area (Å²) in [5, 5.41) is 2.70. The van der Waals surface area contributed by atoms with Crippen LogP contribution in [-0.4, -0.2) is 12.3 Å². The van der Waals surface area contributed by atoms with Crippen molar-refractivity contribution >= 4 is 5.78 Å². The van der Waals surface area contributed by atoms with E-state index < -0.39 is 0 Å². The smallest absolute Gasteiger partial charge is 0.162 e. The molecule has 0 saturated carbocycles. The van der Waals surface area contributed by atoms with E-state index in [0.29, 0.717) is 18.4 Å². The Kier molecular flexibility index (Phi) is 3.82. The van der Waals surface area contributed by atoms with Gasteiger partial charge in [0.25, 0.3) is 0 Å². The molecule has 13 heavy (non-hydrogen) atoms. The van der Waals surface area contributed by atoms with Gasteiger partial charge in [-0.15, -0.1) is 0 Å². The molecule has 0 spiro atoms. The first-order valence-electron chi connectivity index (χ1n) is 4.22. The van der Waals surface area contributed by atoms with E-state index >= 15 is 0 Å². The molecule has 3 heteroatoms. The molecule has 3 nitrogen and oxygen atoms in total. The van der Waals surface area contributed by atoms with Gasteiger partial charge >= 0.3 is 0 Å². The summed E-state index contributed by atoms with van der Waals surface area (Å²) in [4.78, 5) is 21.1. The number of benzene rings is 1. The molecule has 0 aliphatic rings. The Morgan fingerprint density at radius 2 is 1.92 bits per heavy atom. The molecule has 1 aromatic rings. The van der Waals surface area contributed by atoms with Gasteiger partial charge in [0.15, 0.2) is 5.78 Å². The molecule has 0 aromatic heterocycles. The van der Waals surface area contributed by atoms with Gasteiger partial charge in [0.2, 0.25) is 0 Å². The first-order valence-corrected chi connectivity index (χ1v) is 4.22. The number of ketones is 1.